The first kappa shape index (κ1) is 12.4. The molecule has 19 heavy (non-hydrogen) atoms. The van der Waals surface area contributed by atoms with Crippen molar-refractivity contribution in [1.29, 1.82) is 0 Å². The number of hydrogen-bond donors (Lipinski definition) is 4. The molecule has 3 rings (SSSR count). The van der Waals surface area contributed by atoms with Gasteiger partial charge in [0.05, 0.1) is 15.9 Å². The molecule has 2 aromatic rings. The Morgan fingerprint density at radius 3 is 2.74 bits per heavy atom. The number of H-pyrrole nitrogens is 2. The van der Waals surface area contributed by atoms with Crippen molar-refractivity contribution in [3.05, 3.63) is 28.7 Å². The van der Waals surface area contributed by atoms with Crippen molar-refractivity contribution < 1.29 is 8.42 Å². The summed E-state index contributed by atoms with van der Waals surface area (Å²) in [5, 5.41) is 3.10. The monoisotopic (exact) mass is 282 g/mol. The van der Waals surface area contributed by atoms with Crippen molar-refractivity contribution in [1.82, 2.24) is 20.0 Å². The van der Waals surface area contributed by atoms with E-state index in [1.807, 2.05) is 0 Å². The maximum Gasteiger partial charge on any atom is 0.323 e. The Kier molecular flexibility index (Phi) is 2.92. The zero-order chi connectivity index (χ0) is 13.5. The van der Waals surface area contributed by atoms with Crippen LogP contribution in [0, 0.1) is 0 Å². The van der Waals surface area contributed by atoms with E-state index in [1.54, 1.807) is 6.07 Å². The summed E-state index contributed by atoms with van der Waals surface area (Å²) >= 11 is 0. The van der Waals surface area contributed by atoms with Crippen LogP contribution in [0.3, 0.4) is 0 Å². The molecule has 0 bridgehead atoms. The van der Waals surface area contributed by atoms with Crippen molar-refractivity contribution >= 4 is 21.1 Å². The normalized spacial score (nSPS) is 20.1. The second kappa shape index (κ2) is 4.48. The van der Waals surface area contributed by atoms with Gasteiger partial charge in [0.25, 0.3) is 0 Å². The number of aromatic nitrogens is 2. The molecule has 1 fully saturated rings. The average Bonchev–Trinajstić information content (AvgIpc) is 2.95. The van der Waals surface area contributed by atoms with Gasteiger partial charge in [-0.25, -0.2) is 17.9 Å². The summed E-state index contributed by atoms with van der Waals surface area (Å²) in [6.07, 6.45) is 0.780. The number of rotatable bonds is 3. The first-order valence-corrected chi connectivity index (χ1v) is 7.48. The van der Waals surface area contributed by atoms with Crippen molar-refractivity contribution in [2.24, 2.45) is 0 Å². The molecule has 4 N–H and O–H groups in total. The number of imidazole rings is 1. The van der Waals surface area contributed by atoms with Crippen LogP contribution in [-0.2, 0) is 10.0 Å². The third kappa shape index (κ3) is 2.42. The molecule has 0 spiro atoms. The molecule has 8 heteroatoms. The average molecular weight is 282 g/mol. The standard InChI is InChI=1S/C11H14N4O3S/c16-11-13-9-2-1-8(5-10(9)14-11)19(17,18)15-7-3-4-12-6-7/h1-2,5,7,12,15H,3-4,6H2,(H2,13,14,16)/t7-/m0/s1. The van der Waals surface area contributed by atoms with Gasteiger partial charge in [-0.15, -0.1) is 0 Å². The van der Waals surface area contributed by atoms with Gasteiger partial charge in [0.1, 0.15) is 0 Å². The molecule has 1 aromatic heterocycles. The highest BCUT2D eigenvalue weighted by molar-refractivity contribution is 7.89. The molecule has 1 aromatic carbocycles. The molecular formula is C11H14N4O3S. The Morgan fingerprint density at radius 1 is 1.21 bits per heavy atom. The van der Waals surface area contributed by atoms with Gasteiger partial charge in [0.15, 0.2) is 0 Å². The molecule has 0 radical (unpaired) electrons. The second-order valence-corrected chi connectivity index (χ2v) is 6.31. The van der Waals surface area contributed by atoms with Crippen molar-refractivity contribution in [2.45, 2.75) is 17.4 Å². The summed E-state index contributed by atoms with van der Waals surface area (Å²) < 4.78 is 27.0. The highest BCUT2D eigenvalue weighted by atomic mass is 32.2. The van der Waals surface area contributed by atoms with Gasteiger partial charge < -0.3 is 15.3 Å². The van der Waals surface area contributed by atoms with Crippen LogP contribution in [0.25, 0.3) is 11.0 Å². The maximum atomic E-state index is 12.2. The topological polar surface area (TPSA) is 107 Å². The Hall–Kier alpha value is -1.64. The second-order valence-electron chi connectivity index (χ2n) is 4.60. The fourth-order valence-electron chi connectivity index (χ4n) is 2.22. The van der Waals surface area contributed by atoms with Crippen LogP contribution in [0.2, 0.25) is 0 Å². The smallest absolute Gasteiger partial charge is 0.315 e. The van der Waals surface area contributed by atoms with Gasteiger partial charge in [-0.3, -0.25) is 0 Å². The van der Waals surface area contributed by atoms with E-state index in [9.17, 15) is 13.2 Å². The van der Waals surface area contributed by atoms with E-state index in [1.165, 1.54) is 12.1 Å². The van der Waals surface area contributed by atoms with Crippen LogP contribution in [0.5, 0.6) is 0 Å². The summed E-state index contributed by atoms with van der Waals surface area (Å²) in [5.74, 6) is 0. The minimum absolute atomic E-state index is 0.0778. The van der Waals surface area contributed by atoms with E-state index in [0.29, 0.717) is 17.6 Å². The van der Waals surface area contributed by atoms with E-state index >= 15 is 0 Å². The third-order valence-corrected chi connectivity index (χ3v) is 4.70. The van der Waals surface area contributed by atoms with E-state index in [2.05, 4.69) is 20.0 Å². The number of benzene rings is 1. The lowest BCUT2D eigenvalue weighted by Gasteiger charge is -2.11. The van der Waals surface area contributed by atoms with E-state index < -0.39 is 10.0 Å². The maximum absolute atomic E-state index is 12.2. The van der Waals surface area contributed by atoms with Gasteiger partial charge in [0, 0.05) is 12.6 Å². The van der Waals surface area contributed by atoms with E-state index in [-0.39, 0.29) is 16.6 Å². The fourth-order valence-corrected chi connectivity index (χ4v) is 3.52. The Balaban J connectivity index is 1.95. The molecular weight excluding hydrogens is 268 g/mol. The number of aromatic amines is 2. The van der Waals surface area contributed by atoms with E-state index in [4.69, 9.17) is 0 Å². The lowest BCUT2D eigenvalue weighted by molar-refractivity contribution is 0.560. The Labute approximate surface area is 109 Å². The lowest BCUT2D eigenvalue weighted by atomic mass is 10.3. The zero-order valence-corrected chi connectivity index (χ0v) is 10.9. The minimum Gasteiger partial charge on any atom is -0.315 e. The first-order chi connectivity index (χ1) is 9.04. The molecule has 1 aliphatic heterocycles. The summed E-state index contributed by atoms with van der Waals surface area (Å²) in [7, 11) is -3.55. The van der Waals surface area contributed by atoms with Crippen LogP contribution in [0.15, 0.2) is 27.9 Å². The summed E-state index contributed by atoms with van der Waals surface area (Å²) in [6.45, 7) is 1.46. The van der Waals surface area contributed by atoms with Crippen LogP contribution in [-0.4, -0.2) is 37.5 Å². The Morgan fingerprint density at radius 2 is 2.00 bits per heavy atom. The number of sulfonamides is 1. The highest BCUT2D eigenvalue weighted by Gasteiger charge is 2.22. The molecule has 0 aliphatic carbocycles. The lowest BCUT2D eigenvalue weighted by Crippen LogP contribution is -2.36. The number of fused-ring (bicyclic) bond motifs is 1. The predicted molar refractivity (Wildman–Crippen MR) is 70.5 cm³/mol. The van der Waals surface area contributed by atoms with Crippen LogP contribution in [0.1, 0.15) is 6.42 Å². The molecule has 7 nitrogen and oxygen atoms in total. The minimum atomic E-state index is -3.55. The van der Waals surface area contributed by atoms with Gasteiger partial charge >= 0.3 is 5.69 Å². The molecule has 0 amide bonds. The van der Waals surface area contributed by atoms with Crippen LogP contribution in [0.4, 0.5) is 0 Å². The fraction of sp³-hybridized carbons (Fsp3) is 0.364. The quantitative estimate of drug-likeness (QED) is 0.608. The van der Waals surface area contributed by atoms with Crippen LogP contribution >= 0.6 is 0 Å². The molecule has 1 atom stereocenters. The van der Waals surface area contributed by atoms with Crippen LogP contribution < -0.4 is 15.7 Å². The molecule has 0 unspecified atom stereocenters. The molecule has 0 saturated carbocycles. The SMILES string of the molecule is O=c1[nH]c2ccc(S(=O)(=O)N[C@H]3CCNC3)cc2[nH]1. The molecule has 1 saturated heterocycles. The predicted octanol–water partition coefficient (Wildman–Crippen LogP) is -0.504. The molecule has 1 aliphatic rings. The summed E-state index contributed by atoms with van der Waals surface area (Å²) in [4.78, 5) is 16.4. The van der Waals surface area contributed by atoms with Gasteiger partial charge in [-0.1, -0.05) is 0 Å². The molecule has 102 valence electrons. The number of hydrogen-bond acceptors (Lipinski definition) is 4. The van der Waals surface area contributed by atoms with Gasteiger partial charge in [-0.05, 0) is 31.2 Å². The van der Waals surface area contributed by atoms with Gasteiger partial charge in [0.2, 0.25) is 10.0 Å². The first-order valence-electron chi connectivity index (χ1n) is 6.00. The van der Waals surface area contributed by atoms with E-state index in [0.717, 1.165) is 13.0 Å². The molecule has 2 heterocycles. The summed E-state index contributed by atoms with van der Waals surface area (Å²) in [6, 6.07) is 4.44. The zero-order valence-electron chi connectivity index (χ0n) is 10.1. The van der Waals surface area contributed by atoms with Gasteiger partial charge in [-0.2, -0.15) is 0 Å². The number of nitrogens with one attached hydrogen (secondary N) is 4. The summed E-state index contributed by atoms with van der Waals surface area (Å²) in [5.41, 5.74) is 0.724. The highest BCUT2D eigenvalue weighted by Crippen LogP contribution is 2.16. The van der Waals surface area contributed by atoms with Crippen molar-refractivity contribution in [3.63, 3.8) is 0 Å². The van der Waals surface area contributed by atoms with Crippen molar-refractivity contribution in [3.8, 4) is 0 Å². The largest absolute Gasteiger partial charge is 0.323 e. The third-order valence-electron chi connectivity index (χ3n) is 3.18. The van der Waals surface area contributed by atoms with Crippen molar-refractivity contribution in [2.75, 3.05) is 13.1 Å². The Bertz CT molecular complexity index is 756.